The third-order valence-electron chi connectivity index (χ3n) is 4.96. The van der Waals surface area contributed by atoms with E-state index in [-0.39, 0.29) is 5.91 Å². The molecule has 0 saturated heterocycles. The minimum Gasteiger partial charge on any atom is -0.444 e. The number of carbonyl (C=O) groups excluding carboxylic acids is 1. The van der Waals surface area contributed by atoms with Gasteiger partial charge in [0.15, 0.2) is 18.4 Å². The lowest BCUT2D eigenvalue weighted by Crippen LogP contribution is -2.11. The summed E-state index contributed by atoms with van der Waals surface area (Å²) < 4.78 is 5.09. The monoisotopic (exact) mass is 425 g/mol. The summed E-state index contributed by atoms with van der Waals surface area (Å²) >= 11 is 0. The van der Waals surface area contributed by atoms with Gasteiger partial charge in [0.25, 0.3) is 5.91 Å². The number of H-pyrrole nitrogens is 1. The zero-order valence-corrected chi connectivity index (χ0v) is 16.8. The maximum atomic E-state index is 12.6. The molecule has 0 aliphatic heterocycles. The lowest BCUT2D eigenvalue weighted by molar-refractivity contribution is 0.102. The highest BCUT2D eigenvalue weighted by Crippen LogP contribution is 2.24. The molecule has 0 radical (unpaired) electrons. The Hall–Kier alpha value is -4.43. The number of aliphatic hydroxyl groups excluding tert-OH is 1. The van der Waals surface area contributed by atoms with Gasteiger partial charge in [0.05, 0.1) is 17.2 Å². The maximum absolute atomic E-state index is 12.6. The van der Waals surface area contributed by atoms with Crippen molar-refractivity contribution in [2.24, 2.45) is 0 Å². The van der Waals surface area contributed by atoms with E-state index in [0.717, 1.165) is 22.3 Å². The van der Waals surface area contributed by atoms with E-state index in [9.17, 15) is 9.90 Å². The van der Waals surface area contributed by atoms with Crippen LogP contribution in [0.5, 0.6) is 0 Å². The van der Waals surface area contributed by atoms with Gasteiger partial charge in [-0.15, -0.1) is 0 Å². The Labute approximate surface area is 183 Å². The van der Waals surface area contributed by atoms with E-state index >= 15 is 0 Å². The Kier molecular flexibility index (Phi) is 5.11. The minimum atomic E-state index is -0.991. The third-order valence-corrected chi connectivity index (χ3v) is 4.96. The van der Waals surface area contributed by atoms with Gasteiger partial charge in [0.2, 0.25) is 0 Å². The molecule has 0 bridgehead atoms. The van der Waals surface area contributed by atoms with Gasteiger partial charge in [-0.2, -0.15) is 0 Å². The van der Waals surface area contributed by atoms with Crippen molar-refractivity contribution in [2.45, 2.75) is 6.23 Å². The molecule has 32 heavy (non-hydrogen) atoms. The van der Waals surface area contributed by atoms with Crippen LogP contribution in [0.3, 0.4) is 0 Å². The molecule has 2 heterocycles. The molecule has 2 aromatic heterocycles. The van der Waals surface area contributed by atoms with Gasteiger partial charge in [0.1, 0.15) is 5.82 Å². The van der Waals surface area contributed by atoms with Gasteiger partial charge in [-0.05, 0) is 54.6 Å². The van der Waals surface area contributed by atoms with E-state index < -0.39 is 6.23 Å². The van der Waals surface area contributed by atoms with Crippen LogP contribution in [0, 0.1) is 0 Å². The van der Waals surface area contributed by atoms with Gasteiger partial charge in [0, 0.05) is 22.5 Å². The third kappa shape index (κ3) is 4.07. The number of benzene rings is 3. The number of rotatable bonds is 6. The van der Waals surface area contributed by atoms with Crippen molar-refractivity contribution in [2.75, 3.05) is 10.6 Å². The van der Waals surface area contributed by atoms with Gasteiger partial charge >= 0.3 is 0 Å². The summed E-state index contributed by atoms with van der Waals surface area (Å²) in [7, 11) is 0. The van der Waals surface area contributed by atoms with Crippen LogP contribution in [0.4, 0.5) is 11.4 Å². The molecule has 8 heteroatoms. The molecule has 158 valence electrons. The van der Waals surface area contributed by atoms with Gasteiger partial charge in [-0.3, -0.25) is 4.79 Å². The second kappa shape index (κ2) is 8.37. The number of anilines is 2. The van der Waals surface area contributed by atoms with Crippen LogP contribution in [0.1, 0.15) is 22.3 Å². The highest BCUT2D eigenvalue weighted by Gasteiger charge is 2.12. The topological polar surface area (TPSA) is 116 Å². The average molecular weight is 425 g/mol. The lowest BCUT2D eigenvalue weighted by Gasteiger charge is -2.11. The summed E-state index contributed by atoms with van der Waals surface area (Å²) in [5.41, 5.74) is 4.40. The number of amides is 1. The molecular formula is C24H19N5O3. The zero-order chi connectivity index (χ0) is 21.9. The smallest absolute Gasteiger partial charge is 0.255 e. The molecule has 0 spiro atoms. The molecule has 1 amide bonds. The number of para-hydroxylation sites is 1. The van der Waals surface area contributed by atoms with Crippen molar-refractivity contribution in [3.8, 4) is 11.4 Å². The van der Waals surface area contributed by atoms with Crippen molar-refractivity contribution >= 4 is 28.3 Å². The second-order valence-corrected chi connectivity index (χ2v) is 7.17. The number of nitrogens with one attached hydrogen (secondary N) is 3. The van der Waals surface area contributed by atoms with Crippen molar-refractivity contribution in [3.63, 3.8) is 0 Å². The standard InChI is InChI=1S/C24H19N5O3/c30-23(26-17-4-2-1-3-5-17)16-8-11-19-20(12-16)29-22(28-19)15-6-9-18(10-7-15)27-24(31)21-13-25-14-32-21/h1-14,24,27,31H,(H,26,30)(H,28,29). The first-order chi connectivity index (χ1) is 15.7. The number of hydrogen-bond acceptors (Lipinski definition) is 6. The summed E-state index contributed by atoms with van der Waals surface area (Å²) in [6.07, 6.45) is 1.73. The number of aromatic nitrogens is 3. The number of nitrogens with zero attached hydrogens (tertiary/aromatic N) is 2. The summed E-state index contributed by atoms with van der Waals surface area (Å²) in [4.78, 5) is 24.2. The largest absolute Gasteiger partial charge is 0.444 e. The summed E-state index contributed by atoms with van der Waals surface area (Å²) in [5.74, 6) is 0.830. The maximum Gasteiger partial charge on any atom is 0.255 e. The van der Waals surface area contributed by atoms with E-state index in [1.165, 1.54) is 12.6 Å². The van der Waals surface area contributed by atoms with Crippen molar-refractivity contribution < 1.29 is 14.3 Å². The number of aromatic amines is 1. The van der Waals surface area contributed by atoms with Crippen LogP contribution < -0.4 is 10.6 Å². The Morgan fingerprint density at radius 1 is 1.00 bits per heavy atom. The molecule has 0 aliphatic rings. The summed E-state index contributed by atoms with van der Waals surface area (Å²) in [6, 6.07) is 22.1. The average Bonchev–Trinajstić information content (AvgIpc) is 3.50. The van der Waals surface area contributed by atoms with E-state index in [1.54, 1.807) is 12.1 Å². The highest BCUT2D eigenvalue weighted by molar-refractivity contribution is 6.06. The van der Waals surface area contributed by atoms with Crippen LogP contribution in [0.2, 0.25) is 0 Å². The Bertz CT molecular complexity index is 1350. The highest BCUT2D eigenvalue weighted by atomic mass is 16.4. The first kappa shape index (κ1) is 19.5. The molecule has 1 unspecified atom stereocenters. The van der Waals surface area contributed by atoms with Gasteiger partial charge in [-0.1, -0.05) is 18.2 Å². The summed E-state index contributed by atoms with van der Waals surface area (Å²) in [6.45, 7) is 0. The van der Waals surface area contributed by atoms with Crippen LogP contribution in [0.15, 0.2) is 89.8 Å². The van der Waals surface area contributed by atoms with E-state index in [2.05, 4.69) is 25.6 Å². The van der Waals surface area contributed by atoms with E-state index in [4.69, 9.17) is 4.42 Å². The first-order valence-electron chi connectivity index (χ1n) is 9.95. The fourth-order valence-electron chi connectivity index (χ4n) is 3.33. The minimum absolute atomic E-state index is 0.185. The quantitative estimate of drug-likeness (QED) is 0.296. The molecule has 3 aromatic carbocycles. The molecule has 0 aliphatic carbocycles. The van der Waals surface area contributed by atoms with Crippen molar-refractivity contribution in [1.82, 2.24) is 15.0 Å². The lowest BCUT2D eigenvalue weighted by atomic mass is 10.2. The van der Waals surface area contributed by atoms with Gasteiger partial charge in [-0.25, -0.2) is 9.97 Å². The number of imidazole rings is 1. The Balaban J connectivity index is 1.33. The fourth-order valence-corrected chi connectivity index (χ4v) is 3.33. The predicted molar refractivity (Wildman–Crippen MR) is 121 cm³/mol. The van der Waals surface area contributed by atoms with Crippen LogP contribution >= 0.6 is 0 Å². The zero-order valence-electron chi connectivity index (χ0n) is 16.8. The first-order valence-corrected chi connectivity index (χ1v) is 9.95. The number of aliphatic hydroxyl groups is 1. The normalized spacial score (nSPS) is 11.9. The Morgan fingerprint density at radius 3 is 2.56 bits per heavy atom. The van der Waals surface area contributed by atoms with Gasteiger partial charge < -0.3 is 25.1 Å². The molecular weight excluding hydrogens is 406 g/mol. The molecule has 0 fully saturated rings. The van der Waals surface area contributed by atoms with Crippen LogP contribution in [-0.2, 0) is 0 Å². The molecule has 5 aromatic rings. The summed E-state index contributed by atoms with van der Waals surface area (Å²) in [5, 5.41) is 15.9. The molecule has 8 nitrogen and oxygen atoms in total. The van der Waals surface area contributed by atoms with Crippen LogP contribution in [-0.4, -0.2) is 26.0 Å². The number of hydrogen-bond donors (Lipinski definition) is 4. The molecule has 1 atom stereocenters. The second-order valence-electron chi connectivity index (χ2n) is 7.17. The number of oxazole rings is 1. The SMILES string of the molecule is O=C(Nc1ccccc1)c1ccc2nc(-c3ccc(NC(O)c4cnco4)cc3)[nH]c2c1. The molecule has 5 rings (SSSR count). The van der Waals surface area contributed by atoms with Crippen molar-refractivity contribution in [3.05, 3.63) is 96.7 Å². The van der Waals surface area contributed by atoms with E-state index in [1.807, 2.05) is 60.7 Å². The van der Waals surface area contributed by atoms with Crippen LogP contribution in [0.25, 0.3) is 22.4 Å². The van der Waals surface area contributed by atoms with Crippen molar-refractivity contribution in [1.29, 1.82) is 0 Å². The predicted octanol–water partition coefficient (Wildman–Crippen LogP) is 4.57. The number of carbonyl (C=O) groups is 1. The van der Waals surface area contributed by atoms with E-state index in [0.29, 0.717) is 22.8 Å². The molecule has 4 N–H and O–H groups in total. The number of fused-ring (bicyclic) bond motifs is 1. The fraction of sp³-hybridized carbons (Fsp3) is 0.0417. The Morgan fingerprint density at radius 2 is 1.81 bits per heavy atom. The molecule has 0 saturated carbocycles.